The van der Waals surface area contributed by atoms with Crippen LogP contribution in [-0.2, 0) is 6.54 Å². The van der Waals surface area contributed by atoms with E-state index in [0.29, 0.717) is 5.56 Å². The number of methoxy groups -OCH3 is 2. The Bertz CT molecular complexity index is 808. The van der Waals surface area contributed by atoms with Crippen molar-refractivity contribution in [3.8, 4) is 17.6 Å². The van der Waals surface area contributed by atoms with Gasteiger partial charge in [0.1, 0.15) is 11.9 Å². The van der Waals surface area contributed by atoms with Gasteiger partial charge >= 0.3 is 0 Å². The highest BCUT2D eigenvalue weighted by molar-refractivity contribution is 5.53. The predicted octanol–water partition coefficient (Wildman–Crippen LogP) is 2.60. The monoisotopic (exact) mass is 352 g/mol. The molecule has 0 N–H and O–H groups in total. The third-order valence-corrected chi connectivity index (χ3v) is 4.82. The van der Waals surface area contributed by atoms with Crippen LogP contribution in [0.25, 0.3) is 0 Å². The molecule has 136 valence electrons. The second-order valence-corrected chi connectivity index (χ2v) is 6.38. The van der Waals surface area contributed by atoms with Crippen molar-refractivity contribution in [2.45, 2.75) is 13.5 Å². The highest BCUT2D eigenvalue weighted by atomic mass is 16.5. The molecule has 0 atom stereocenters. The molecule has 1 fully saturated rings. The number of aromatic nitrogens is 1. The molecule has 0 unspecified atom stereocenters. The fourth-order valence-electron chi connectivity index (χ4n) is 3.29. The number of ether oxygens (including phenoxy) is 2. The summed E-state index contributed by atoms with van der Waals surface area (Å²) < 4.78 is 10.8. The van der Waals surface area contributed by atoms with E-state index in [4.69, 9.17) is 9.47 Å². The molecule has 2 aromatic rings. The van der Waals surface area contributed by atoms with E-state index >= 15 is 0 Å². The summed E-state index contributed by atoms with van der Waals surface area (Å²) in [7, 11) is 3.32. The van der Waals surface area contributed by atoms with Crippen LogP contribution in [-0.4, -0.2) is 50.3 Å². The lowest BCUT2D eigenvalue weighted by Gasteiger charge is -2.36. The molecular formula is C20H24N4O2. The van der Waals surface area contributed by atoms with Gasteiger partial charge in [0.25, 0.3) is 0 Å². The van der Waals surface area contributed by atoms with Crippen molar-refractivity contribution < 1.29 is 9.47 Å². The molecule has 0 saturated carbocycles. The molecule has 1 aromatic heterocycles. The molecule has 0 spiro atoms. The van der Waals surface area contributed by atoms with E-state index in [1.807, 2.05) is 12.1 Å². The van der Waals surface area contributed by atoms with Crippen LogP contribution < -0.4 is 14.4 Å². The molecule has 1 aliphatic heterocycles. The first-order valence-corrected chi connectivity index (χ1v) is 8.70. The summed E-state index contributed by atoms with van der Waals surface area (Å²) in [5, 5.41) is 9.27. The van der Waals surface area contributed by atoms with Gasteiger partial charge in [0, 0.05) is 38.9 Å². The molecule has 3 rings (SSSR count). The number of anilines is 1. The van der Waals surface area contributed by atoms with Crippen LogP contribution in [0.4, 0.5) is 5.82 Å². The fourth-order valence-corrected chi connectivity index (χ4v) is 3.29. The highest BCUT2D eigenvalue weighted by Crippen LogP contribution is 2.31. The molecule has 0 amide bonds. The van der Waals surface area contributed by atoms with Crippen LogP contribution in [0.3, 0.4) is 0 Å². The summed E-state index contributed by atoms with van der Waals surface area (Å²) >= 11 is 0. The zero-order valence-corrected chi connectivity index (χ0v) is 15.5. The summed E-state index contributed by atoms with van der Waals surface area (Å²) in [6, 6.07) is 9.94. The number of aryl methyl sites for hydroxylation is 1. The summed E-state index contributed by atoms with van der Waals surface area (Å²) in [5.41, 5.74) is 3.07. The van der Waals surface area contributed by atoms with E-state index < -0.39 is 0 Å². The Morgan fingerprint density at radius 2 is 1.81 bits per heavy atom. The largest absolute Gasteiger partial charge is 0.493 e. The van der Waals surface area contributed by atoms with Gasteiger partial charge in [-0.2, -0.15) is 5.26 Å². The van der Waals surface area contributed by atoms with Crippen molar-refractivity contribution in [1.29, 1.82) is 5.26 Å². The number of nitrogens with zero attached hydrogens (tertiary/aromatic N) is 4. The molecular weight excluding hydrogens is 328 g/mol. The maximum Gasteiger partial charge on any atom is 0.161 e. The second kappa shape index (κ2) is 8.07. The number of pyridine rings is 1. The molecule has 1 saturated heterocycles. The average Bonchev–Trinajstić information content (AvgIpc) is 2.69. The molecule has 26 heavy (non-hydrogen) atoms. The van der Waals surface area contributed by atoms with Crippen LogP contribution in [0.5, 0.6) is 11.5 Å². The Morgan fingerprint density at radius 3 is 2.46 bits per heavy atom. The maximum atomic E-state index is 9.27. The van der Waals surface area contributed by atoms with E-state index in [9.17, 15) is 5.26 Å². The predicted molar refractivity (Wildman–Crippen MR) is 101 cm³/mol. The smallest absolute Gasteiger partial charge is 0.161 e. The molecule has 2 heterocycles. The third kappa shape index (κ3) is 3.73. The Hall–Kier alpha value is -2.78. The molecule has 0 aliphatic carbocycles. The first kappa shape index (κ1) is 18.0. The van der Waals surface area contributed by atoms with Gasteiger partial charge in [0.05, 0.1) is 19.8 Å². The minimum absolute atomic E-state index is 0.636. The standard InChI is InChI=1S/C20H24N4O2/c1-15-11-18(25-2)19(26-3)12-17(15)14-23-7-9-24(10-8-23)20-16(13-21)5-4-6-22-20/h4-6,11-12H,7-10,14H2,1-3H3. The van der Waals surface area contributed by atoms with Crippen molar-refractivity contribution >= 4 is 5.82 Å². The Morgan fingerprint density at radius 1 is 1.12 bits per heavy atom. The fraction of sp³-hybridized carbons (Fsp3) is 0.400. The van der Waals surface area contributed by atoms with Crippen LogP contribution >= 0.6 is 0 Å². The lowest BCUT2D eigenvalue weighted by atomic mass is 10.1. The zero-order chi connectivity index (χ0) is 18.5. The van der Waals surface area contributed by atoms with E-state index in [0.717, 1.165) is 50.0 Å². The van der Waals surface area contributed by atoms with Crippen molar-refractivity contribution in [1.82, 2.24) is 9.88 Å². The van der Waals surface area contributed by atoms with Crippen LogP contribution in [0, 0.1) is 18.3 Å². The van der Waals surface area contributed by atoms with Crippen LogP contribution in [0.2, 0.25) is 0 Å². The summed E-state index contributed by atoms with van der Waals surface area (Å²) in [6.07, 6.45) is 1.75. The topological polar surface area (TPSA) is 61.6 Å². The summed E-state index contributed by atoms with van der Waals surface area (Å²) in [5.74, 6) is 2.31. The summed E-state index contributed by atoms with van der Waals surface area (Å²) in [4.78, 5) is 9.00. The van der Waals surface area contributed by atoms with Crippen molar-refractivity contribution in [3.63, 3.8) is 0 Å². The lowest BCUT2D eigenvalue weighted by molar-refractivity contribution is 0.248. The van der Waals surface area contributed by atoms with Gasteiger partial charge in [-0.25, -0.2) is 4.98 Å². The van der Waals surface area contributed by atoms with E-state index in [-0.39, 0.29) is 0 Å². The summed E-state index contributed by atoms with van der Waals surface area (Å²) in [6.45, 7) is 6.54. The van der Waals surface area contributed by atoms with Gasteiger partial charge in [0.2, 0.25) is 0 Å². The number of rotatable bonds is 5. The van der Waals surface area contributed by atoms with Crippen molar-refractivity contribution in [2.24, 2.45) is 0 Å². The second-order valence-electron chi connectivity index (χ2n) is 6.38. The minimum atomic E-state index is 0.636. The molecule has 0 bridgehead atoms. The van der Waals surface area contributed by atoms with Gasteiger partial charge < -0.3 is 14.4 Å². The van der Waals surface area contributed by atoms with Gasteiger partial charge in [-0.1, -0.05) is 0 Å². The zero-order valence-electron chi connectivity index (χ0n) is 15.5. The molecule has 0 radical (unpaired) electrons. The number of hydrogen-bond donors (Lipinski definition) is 0. The van der Waals surface area contributed by atoms with Crippen LogP contribution in [0.1, 0.15) is 16.7 Å². The lowest BCUT2D eigenvalue weighted by Crippen LogP contribution is -2.46. The number of hydrogen-bond acceptors (Lipinski definition) is 6. The molecule has 6 heteroatoms. The normalized spacial score (nSPS) is 14.8. The maximum absolute atomic E-state index is 9.27. The van der Waals surface area contributed by atoms with Gasteiger partial charge in [0.15, 0.2) is 11.5 Å². The van der Waals surface area contributed by atoms with Gasteiger partial charge in [-0.3, -0.25) is 4.90 Å². The third-order valence-electron chi connectivity index (χ3n) is 4.82. The molecule has 6 nitrogen and oxygen atoms in total. The highest BCUT2D eigenvalue weighted by Gasteiger charge is 2.21. The van der Waals surface area contributed by atoms with Crippen molar-refractivity contribution in [2.75, 3.05) is 45.3 Å². The van der Waals surface area contributed by atoms with E-state index in [2.05, 4.69) is 33.8 Å². The first-order chi connectivity index (χ1) is 12.7. The van der Waals surface area contributed by atoms with Gasteiger partial charge in [-0.15, -0.1) is 0 Å². The van der Waals surface area contributed by atoms with E-state index in [1.165, 1.54) is 11.1 Å². The number of piperazine rings is 1. The SMILES string of the molecule is COc1cc(C)c(CN2CCN(c3ncccc3C#N)CC2)cc1OC. The Balaban J connectivity index is 1.67. The quantitative estimate of drug-likeness (QED) is 0.824. The minimum Gasteiger partial charge on any atom is -0.493 e. The number of benzene rings is 1. The number of nitriles is 1. The van der Waals surface area contributed by atoms with Gasteiger partial charge in [-0.05, 0) is 42.3 Å². The van der Waals surface area contributed by atoms with Crippen LogP contribution in [0.15, 0.2) is 30.5 Å². The Labute approximate surface area is 154 Å². The van der Waals surface area contributed by atoms with Crippen molar-refractivity contribution in [3.05, 3.63) is 47.2 Å². The molecule has 1 aliphatic rings. The molecule has 1 aromatic carbocycles. The van der Waals surface area contributed by atoms with E-state index in [1.54, 1.807) is 26.5 Å². The Kier molecular flexibility index (Phi) is 5.59. The average molecular weight is 352 g/mol. The first-order valence-electron chi connectivity index (χ1n) is 8.70.